The van der Waals surface area contributed by atoms with E-state index in [1.807, 2.05) is 0 Å². The minimum atomic E-state index is 0. The molecule has 104 valence electrons. The Kier molecular flexibility index (Phi) is 40200. The molecule has 0 atom stereocenters. The maximum atomic E-state index is 0. The molecule has 0 saturated carbocycles. The van der Waals surface area contributed by atoms with E-state index in [-0.39, 0.29) is 152 Å². The summed E-state index contributed by atoms with van der Waals surface area (Å²) in [5.74, 6) is 0. The van der Waals surface area contributed by atoms with E-state index in [9.17, 15) is 0 Å². The van der Waals surface area contributed by atoms with Gasteiger partial charge in [-0.05, 0) is 0 Å². The van der Waals surface area contributed by atoms with Gasteiger partial charge in [-0.3, -0.25) is 0 Å². The summed E-state index contributed by atoms with van der Waals surface area (Å²) in [6, 6.07) is 0. The van der Waals surface area contributed by atoms with E-state index in [1.165, 1.54) is 0 Å². The molecule has 0 aliphatic heterocycles. The quantitative estimate of drug-likeness (QED) is 0.353. The molecule has 12 nitrogen and oxygen atoms in total. The second-order valence-corrected chi connectivity index (χ2v) is 0. The van der Waals surface area contributed by atoms with Crippen molar-refractivity contribution < 1.29 is 65.7 Å². The van der Waals surface area contributed by atoms with Crippen LogP contribution < -0.4 is 0 Å². The number of hydrogen-bond acceptors (Lipinski definition) is 0. The third-order valence-electron chi connectivity index (χ3n) is 0. The zero-order valence-electron chi connectivity index (χ0n) is 6.00. The Morgan fingerprint density at radius 1 is 0.214 bits per heavy atom. The number of rotatable bonds is 0. The van der Waals surface area contributed by atoms with Crippen molar-refractivity contribution in [3.05, 3.63) is 0 Å². The van der Waals surface area contributed by atoms with E-state index in [4.69, 9.17) is 0 Å². The van der Waals surface area contributed by atoms with Crippen molar-refractivity contribution >= 4 is 86.3 Å². The van der Waals surface area contributed by atoms with E-state index >= 15 is 0 Å². The molecule has 0 aromatic carbocycles. The van der Waals surface area contributed by atoms with Gasteiger partial charge in [0.05, 0.1) is 0 Å². The molecule has 0 rings (SSSR count). The van der Waals surface area contributed by atoms with E-state index in [1.54, 1.807) is 0 Å². The van der Waals surface area contributed by atoms with Gasteiger partial charge in [-0.25, -0.2) is 0 Å². The zero-order chi connectivity index (χ0) is 0. The first kappa shape index (κ1) is 830. The Morgan fingerprint density at radius 3 is 0.214 bits per heavy atom. The zero-order valence-corrected chi connectivity index (χ0v) is 6.00. The van der Waals surface area contributed by atoms with Gasteiger partial charge in [0.1, 0.15) is 0 Å². The fourth-order valence-corrected chi connectivity index (χ4v) is 0. The second-order valence-electron chi connectivity index (χ2n) is 0. The second kappa shape index (κ2) is 679. The summed E-state index contributed by atoms with van der Waals surface area (Å²) in [4.78, 5) is 0. The minimum absolute atomic E-state index is 0. The molecule has 0 bridgehead atoms. The van der Waals surface area contributed by atoms with Gasteiger partial charge in [-0.2, -0.15) is 0 Å². The number of hydrogen-bond donors (Lipinski definition) is 0. The van der Waals surface area contributed by atoms with Gasteiger partial charge in [0.15, 0.2) is 17.4 Å². The molecule has 14 heteroatoms. The van der Waals surface area contributed by atoms with E-state index < -0.39 is 0 Å². The van der Waals surface area contributed by atoms with Gasteiger partial charge >= 0.3 is 68.9 Å². The van der Waals surface area contributed by atoms with E-state index in [0.717, 1.165) is 0 Å². The molecule has 0 fully saturated rings. The Labute approximate surface area is 149 Å². The van der Waals surface area contributed by atoms with Gasteiger partial charge < -0.3 is 65.7 Å². The SMILES string of the molecule is O.O.O.O.O.O.O.O.O.O.O.O.[AlH3].[CsH]. The third-order valence-corrected chi connectivity index (χ3v) is 0. The Hall–Kier alpha value is 2.10. The fourth-order valence-electron chi connectivity index (χ4n) is 0. The van der Waals surface area contributed by atoms with E-state index in [2.05, 4.69) is 0 Å². The van der Waals surface area contributed by atoms with Crippen LogP contribution in [0.15, 0.2) is 0 Å². The first-order valence-electron chi connectivity index (χ1n) is 0. The Balaban J connectivity index is 0. The van der Waals surface area contributed by atoms with Crippen LogP contribution in [0.2, 0.25) is 0 Å². The molecule has 24 N–H and O–H groups in total. The van der Waals surface area contributed by atoms with Crippen molar-refractivity contribution in [3.63, 3.8) is 0 Å². The molecule has 0 amide bonds. The summed E-state index contributed by atoms with van der Waals surface area (Å²) in [7, 11) is 0. The predicted molar refractivity (Wildman–Crippen MR) is 60.5 cm³/mol. The van der Waals surface area contributed by atoms with Crippen molar-refractivity contribution in [1.82, 2.24) is 0 Å². The molecule has 0 radical (unpaired) electrons. The molecule has 0 aromatic heterocycles. The molecular weight excluding hydrogens is 352 g/mol. The van der Waals surface area contributed by atoms with Crippen LogP contribution in [0.5, 0.6) is 0 Å². The van der Waals surface area contributed by atoms with Gasteiger partial charge in [-0.15, -0.1) is 0 Å². The summed E-state index contributed by atoms with van der Waals surface area (Å²) in [6.07, 6.45) is 0. The van der Waals surface area contributed by atoms with Crippen LogP contribution in [0, 0.1) is 0 Å². The normalized spacial score (nSPS) is 0. The van der Waals surface area contributed by atoms with Crippen LogP contribution >= 0.6 is 0 Å². The average molecular weight is 380 g/mol. The van der Waals surface area contributed by atoms with Crippen LogP contribution in [0.1, 0.15) is 0 Å². The first-order chi connectivity index (χ1) is 0. The van der Waals surface area contributed by atoms with Crippen molar-refractivity contribution in [2.75, 3.05) is 0 Å². The van der Waals surface area contributed by atoms with Crippen LogP contribution in [0.4, 0.5) is 0 Å². The van der Waals surface area contributed by atoms with E-state index in [0.29, 0.717) is 0 Å². The maximum absolute atomic E-state index is 0. The average Bonchev–Trinajstić information content (AvgIpc) is 0. The molecule has 0 aromatic rings. The van der Waals surface area contributed by atoms with Crippen LogP contribution in [0.3, 0.4) is 0 Å². The van der Waals surface area contributed by atoms with Crippen LogP contribution in [-0.4, -0.2) is 152 Å². The molecule has 0 aliphatic rings. The molecule has 0 heterocycles. The van der Waals surface area contributed by atoms with Gasteiger partial charge in [-0.1, -0.05) is 0 Å². The summed E-state index contributed by atoms with van der Waals surface area (Å²) in [5, 5.41) is 0. The van der Waals surface area contributed by atoms with Crippen molar-refractivity contribution in [2.45, 2.75) is 0 Å². The molecule has 0 unspecified atom stereocenters. The van der Waals surface area contributed by atoms with Gasteiger partial charge in [0, 0.05) is 0 Å². The first-order valence-corrected chi connectivity index (χ1v) is 0. The van der Waals surface area contributed by atoms with Gasteiger partial charge in [0.2, 0.25) is 0 Å². The van der Waals surface area contributed by atoms with Crippen molar-refractivity contribution in [3.8, 4) is 0 Å². The summed E-state index contributed by atoms with van der Waals surface area (Å²) < 4.78 is 0. The van der Waals surface area contributed by atoms with Gasteiger partial charge in [0.25, 0.3) is 0 Å². The monoisotopic (exact) mass is 380 g/mol. The molecule has 0 aliphatic carbocycles. The summed E-state index contributed by atoms with van der Waals surface area (Å²) >= 11 is 0. The van der Waals surface area contributed by atoms with Crippen molar-refractivity contribution in [2.24, 2.45) is 0 Å². The third kappa shape index (κ3) is 547. The molecular formula is H28AlCsO12. The van der Waals surface area contributed by atoms with Crippen molar-refractivity contribution in [1.29, 1.82) is 0 Å². The summed E-state index contributed by atoms with van der Waals surface area (Å²) in [6.45, 7) is 0. The Morgan fingerprint density at radius 2 is 0.214 bits per heavy atom. The van der Waals surface area contributed by atoms with Crippen LogP contribution in [0.25, 0.3) is 0 Å². The molecule has 0 saturated heterocycles. The molecule has 14 heavy (non-hydrogen) atoms. The summed E-state index contributed by atoms with van der Waals surface area (Å²) in [5.41, 5.74) is 0. The van der Waals surface area contributed by atoms with Crippen LogP contribution in [-0.2, 0) is 0 Å². The predicted octanol–water partition coefficient (Wildman–Crippen LogP) is -11.7. The topological polar surface area (TPSA) is 378 Å². The fraction of sp³-hybridized carbons (Fsp3) is 0. The Bertz CT molecular complexity index is 10.3. The molecule has 0 spiro atoms. The standard InChI is InChI=1S/Al.Cs.12H2O.4H/h;;12*1H2;;;;.